The van der Waals surface area contributed by atoms with Crippen molar-refractivity contribution in [2.45, 2.75) is 43.7 Å². The van der Waals surface area contributed by atoms with Crippen molar-refractivity contribution < 1.29 is 17.9 Å². The Kier molecular flexibility index (Phi) is 6.78. The second kappa shape index (κ2) is 8.67. The fourth-order valence-corrected chi connectivity index (χ4v) is 4.32. The van der Waals surface area contributed by atoms with E-state index in [9.17, 15) is 13.2 Å². The fraction of sp³-hybridized carbons (Fsp3) is 0.381. The zero-order valence-electron chi connectivity index (χ0n) is 16.0. The Labute approximate surface area is 161 Å². The zero-order chi connectivity index (χ0) is 20.1. The van der Waals surface area contributed by atoms with Gasteiger partial charge in [0.05, 0.1) is 16.6 Å². The molecule has 2 N–H and O–H groups in total. The van der Waals surface area contributed by atoms with Crippen molar-refractivity contribution in [2.24, 2.45) is 11.7 Å². The summed E-state index contributed by atoms with van der Waals surface area (Å²) in [6.45, 7) is 5.26. The third kappa shape index (κ3) is 6.48. The maximum Gasteiger partial charge on any atom is 0.310 e. The molecule has 0 spiro atoms. The highest BCUT2D eigenvalue weighted by Crippen LogP contribution is 2.25. The lowest BCUT2D eigenvalue weighted by molar-refractivity contribution is -0.159. The normalized spacial score (nSPS) is 14.4. The van der Waals surface area contributed by atoms with Crippen LogP contribution >= 0.6 is 0 Å². The minimum absolute atomic E-state index is 0.186. The van der Waals surface area contributed by atoms with Crippen LogP contribution in [-0.4, -0.2) is 25.7 Å². The topological polar surface area (TPSA) is 86.5 Å². The molecule has 27 heavy (non-hydrogen) atoms. The first-order chi connectivity index (χ1) is 12.6. The van der Waals surface area contributed by atoms with Crippen molar-refractivity contribution in [1.82, 2.24) is 0 Å². The summed E-state index contributed by atoms with van der Waals surface area (Å²) in [5.74, 6) is -1.75. The van der Waals surface area contributed by atoms with Gasteiger partial charge in [0, 0.05) is 6.04 Å². The Balaban J connectivity index is 2.25. The SMILES string of the molecule is CC(C)(C)OC(=O)C(CC(N)c1ccccc1)CS(=O)(=O)c1ccccc1. The van der Waals surface area contributed by atoms with Crippen LogP contribution in [0.2, 0.25) is 0 Å². The summed E-state index contributed by atoms with van der Waals surface area (Å²) in [7, 11) is -3.64. The van der Waals surface area contributed by atoms with Gasteiger partial charge in [-0.15, -0.1) is 0 Å². The summed E-state index contributed by atoms with van der Waals surface area (Å²) in [6, 6.07) is 17.0. The summed E-state index contributed by atoms with van der Waals surface area (Å²) in [4.78, 5) is 12.9. The first-order valence-corrected chi connectivity index (χ1v) is 10.5. The molecule has 0 heterocycles. The minimum atomic E-state index is -3.64. The van der Waals surface area contributed by atoms with Crippen molar-refractivity contribution in [3.8, 4) is 0 Å². The number of nitrogens with two attached hydrogens (primary N) is 1. The van der Waals surface area contributed by atoms with Crippen molar-refractivity contribution in [1.29, 1.82) is 0 Å². The molecule has 5 nitrogen and oxygen atoms in total. The van der Waals surface area contributed by atoms with E-state index in [1.807, 2.05) is 30.3 Å². The van der Waals surface area contributed by atoms with E-state index < -0.39 is 33.4 Å². The van der Waals surface area contributed by atoms with E-state index in [1.165, 1.54) is 12.1 Å². The van der Waals surface area contributed by atoms with Crippen LogP contribution in [0.5, 0.6) is 0 Å². The van der Waals surface area contributed by atoms with Gasteiger partial charge >= 0.3 is 5.97 Å². The van der Waals surface area contributed by atoms with E-state index in [1.54, 1.807) is 39.0 Å². The van der Waals surface area contributed by atoms with Crippen LogP contribution in [0.4, 0.5) is 0 Å². The van der Waals surface area contributed by atoms with Gasteiger partial charge in [0.2, 0.25) is 0 Å². The van der Waals surface area contributed by atoms with Gasteiger partial charge in [-0.2, -0.15) is 0 Å². The molecule has 0 aliphatic heterocycles. The van der Waals surface area contributed by atoms with E-state index in [-0.39, 0.29) is 17.1 Å². The maximum absolute atomic E-state index is 12.8. The third-order valence-electron chi connectivity index (χ3n) is 4.03. The molecule has 2 rings (SSSR count). The van der Waals surface area contributed by atoms with E-state index >= 15 is 0 Å². The highest BCUT2D eigenvalue weighted by atomic mass is 32.2. The van der Waals surface area contributed by atoms with Crippen LogP contribution in [0.25, 0.3) is 0 Å². The number of ether oxygens (including phenoxy) is 1. The van der Waals surface area contributed by atoms with Gasteiger partial charge in [0.1, 0.15) is 5.60 Å². The number of hydrogen-bond acceptors (Lipinski definition) is 5. The van der Waals surface area contributed by atoms with Gasteiger partial charge in [-0.25, -0.2) is 8.42 Å². The Morgan fingerprint density at radius 2 is 1.52 bits per heavy atom. The van der Waals surface area contributed by atoms with E-state index in [0.717, 1.165) is 5.56 Å². The summed E-state index contributed by atoms with van der Waals surface area (Å²) in [5, 5.41) is 0. The predicted molar refractivity (Wildman–Crippen MR) is 106 cm³/mol. The second-order valence-electron chi connectivity index (χ2n) is 7.58. The molecule has 0 aromatic heterocycles. The van der Waals surface area contributed by atoms with Gasteiger partial charge in [0.25, 0.3) is 0 Å². The lowest BCUT2D eigenvalue weighted by Gasteiger charge is -2.25. The van der Waals surface area contributed by atoms with Crippen LogP contribution in [0, 0.1) is 5.92 Å². The number of sulfone groups is 1. The quantitative estimate of drug-likeness (QED) is 0.732. The Morgan fingerprint density at radius 1 is 1.00 bits per heavy atom. The first kappa shape index (κ1) is 21.1. The summed E-state index contributed by atoms with van der Waals surface area (Å²) < 4.78 is 31.0. The standard InChI is InChI=1S/C21H27NO4S/c1-21(2,3)26-20(23)17(14-19(22)16-10-6-4-7-11-16)15-27(24,25)18-12-8-5-9-13-18/h4-13,17,19H,14-15,22H2,1-3H3. The average Bonchev–Trinajstić information content (AvgIpc) is 2.61. The molecule has 2 aromatic carbocycles. The second-order valence-corrected chi connectivity index (χ2v) is 9.61. The molecule has 6 heteroatoms. The van der Waals surface area contributed by atoms with Crippen molar-refractivity contribution in [2.75, 3.05) is 5.75 Å². The van der Waals surface area contributed by atoms with E-state index in [0.29, 0.717) is 0 Å². The number of esters is 1. The number of carbonyl (C=O) groups excluding carboxylic acids is 1. The maximum atomic E-state index is 12.8. The van der Waals surface area contributed by atoms with Gasteiger partial charge in [-0.1, -0.05) is 48.5 Å². The van der Waals surface area contributed by atoms with Gasteiger partial charge in [-0.05, 0) is 44.9 Å². The van der Waals surface area contributed by atoms with Gasteiger partial charge < -0.3 is 10.5 Å². The van der Waals surface area contributed by atoms with Crippen LogP contribution in [0.15, 0.2) is 65.6 Å². The summed E-state index contributed by atoms with van der Waals surface area (Å²) >= 11 is 0. The monoisotopic (exact) mass is 389 g/mol. The molecule has 0 amide bonds. The van der Waals surface area contributed by atoms with E-state index in [2.05, 4.69) is 0 Å². The minimum Gasteiger partial charge on any atom is -0.460 e. The first-order valence-electron chi connectivity index (χ1n) is 8.90. The molecular weight excluding hydrogens is 362 g/mol. The Bertz CT molecular complexity index is 843. The molecule has 2 aromatic rings. The average molecular weight is 390 g/mol. The number of hydrogen-bond donors (Lipinski definition) is 1. The summed E-state index contributed by atoms with van der Waals surface area (Å²) in [5.41, 5.74) is 6.40. The molecule has 0 radical (unpaired) electrons. The Morgan fingerprint density at radius 3 is 2.04 bits per heavy atom. The third-order valence-corrected chi connectivity index (χ3v) is 5.86. The molecule has 146 valence electrons. The molecule has 2 unspecified atom stereocenters. The molecule has 2 atom stereocenters. The summed E-state index contributed by atoms with van der Waals surface area (Å²) in [6.07, 6.45) is 0.186. The fourth-order valence-electron chi connectivity index (χ4n) is 2.75. The highest BCUT2D eigenvalue weighted by Gasteiger charge is 2.32. The number of benzene rings is 2. The lowest BCUT2D eigenvalue weighted by Crippen LogP contribution is -2.34. The van der Waals surface area contributed by atoms with Crippen molar-refractivity contribution in [3.05, 3.63) is 66.2 Å². The zero-order valence-corrected chi connectivity index (χ0v) is 16.8. The molecular formula is C21H27NO4S. The van der Waals surface area contributed by atoms with Crippen LogP contribution < -0.4 is 5.73 Å². The molecule has 0 fully saturated rings. The van der Waals surface area contributed by atoms with E-state index in [4.69, 9.17) is 10.5 Å². The van der Waals surface area contributed by atoms with Crippen molar-refractivity contribution in [3.63, 3.8) is 0 Å². The molecule has 0 bridgehead atoms. The molecule has 0 saturated carbocycles. The van der Waals surface area contributed by atoms with Gasteiger partial charge in [0.15, 0.2) is 9.84 Å². The number of rotatable bonds is 7. The lowest BCUT2D eigenvalue weighted by atomic mass is 9.96. The predicted octanol–water partition coefficient (Wildman–Crippen LogP) is 3.51. The van der Waals surface area contributed by atoms with Gasteiger partial charge in [-0.3, -0.25) is 4.79 Å². The Hall–Kier alpha value is -2.18. The molecule has 0 aliphatic rings. The number of carbonyl (C=O) groups is 1. The van der Waals surface area contributed by atoms with Crippen molar-refractivity contribution >= 4 is 15.8 Å². The van der Waals surface area contributed by atoms with Crippen LogP contribution in [0.3, 0.4) is 0 Å². The smallest absolute Gasteiger partial charge is 0.310 e. The molecule has 0 saturated heterocycles. The van der Waals surface area contributed by atoms with Crippen LogP contribution in [0.1, 0.15) is 38.8 Å². The highest BCUT2D eigenvalue weighted by molar-refractivity contribution is 7.91. The largest absolute Gasteiger partial charge is 0.460 e. The van der Waals surface area contributed by atoms with Crippen LogP contribution in [-0.2, 0) is 19.4 Å². The molecule has 0 aliphatic carbocycles.